The number of carbonyl (C=O) groups excluding carboxylic acids is 2. The first kappa shape index (κ1) is 35.3. The number of rotatable bonds is 12. The summed E-state index contributed by atoms with van der Waals surface area (Å²) >= 11 is 0. The summed E-state index contributed by atoms with van der Waals surface area (Å²) in [4.78, 5) is 22.8. The van der Waals surface area contributed by atoms with E-state index in [4.69, 9.17) is 19.9 Å². The SMILES string of the molecule is CC(C)CN(CC(O)C(Cc1ccccc1)NC(=O)O[C@H]1CO[C@H]2OCC[C@H]21)S(=O)(=O)c1ccc(N)cc1.CCOC(C)=O. The molecule has 1 amide bonds. The van der Waals surface area contributed by atoms with Gasteiger partial charge in [-0.05, 0) is 55.5 Å². The van der Waals surface area contributed by atoms with E-state index in [-0.39, 0.29) is 55.1 Å². The van der Waals surface area contributed by atoms with E-state index in [0.717, 1.165) is 12.0 Å². The van der Waals surface area contributed by atoms with Crippen LogP contribution in [0.1, 0.15) is 39.7 Å². The first-order valence-corrected chi connectivity index (χ1v) is 16.3. The van der Waals surface area contributed by atoms with E-state index in [2.05, 4.69) is 10.1 Å². The molecule has 13 heteroatoms. The highest BCUT2D eigenvalue weighted by Gasteiger charge is 2.44. The van der Waals surface area contributed by atoms with Gasteiger partial charge in [-0.25, -0.2) is 13.2 Å². The Kier molecular flexibility index (Phi) is 13.4. The lowest BCUT2D eigenvalue weighted by atomic mass is 10.0. The highest BCUT2D eigenvalue weighted by atomic mass is 32.2. The maximum absolute atomic E-state index is 13.5. The number of nitrogen functional groups attached to an aromatic ring is 1. The summed E-state index contributed by atoms with van der Waals surface area (Å²) in [5.41, 5.74) is 7.07. The van der Waals surface area contributed by atoms with Gasteiger partial charge in [0.15, 0.2) is 6.29 Å². The maximum atomic E-state index is 13.5. The van der Waals surface area contributed by atoms with E-state index in [9.17, 15) is 23.1 Å². The molecule has 12 nitrogen and oxygen atoms in total. The number of carbonyl (C=O) groups is 2. The number of nitrogens with one attached hydrogen (secondary N) is 1. The zero-order chi connectivity index (χ0) is 32.3. The van der Waals surface area contributed by atoms with Crippen molar-refractivity contribution in [2.45, 2.75) is 70.0 Å². The average molecular weight is 636 g/mol. The van der Waals surface area contributed by atoms with Gasteiger partial charge in [0.05, 0.1) is 42.8 Å². The molecule has 2 heterocycles. The molecule has 0 bridgehead atoms. The highest BCUT2D eigenvalue weighted by Crippen LogP contribution is 2.33. The van der Waals surface area contributed by atoms with Crippen LogP contribution in [-0.2, 0) is 40.2 Å². The highest BCUT2D eigenvalue weighted by molar-refractivity contribution is 7.89. The Labute approximate surface area is 259 Å². The van der Waals surface area contributed by atoms with Gasteiger partial charge in [-0.3, -0.25) is 4.79 Å². The van der Waals surface area contributed by atoms with Crippen molar-refractivity contribution in [2.75, 3.05) is 38.6 Å². The molecule has 244 valence electrons. The number of hydrogen-bond acceptors (Lipinski definition) is 10. The monoisotopic (exact) mass is 635 g/mol. The summed E-state index contributed by atoms with van der Waals surface area (Å²) in [6.07, 6.45) is -1.69. The minimum absolute atomic E-state index is 0.000183. The smallest absolute Gasteiger partial charge is 0.407 e. The molecule has 0 aromatic heterocycles. The number of aliphatic hydroxyl groups is 1. The molecule has 2 aliphatic heterocycles. The first-order valence-electron chi connectivity index (χ1n) is 14.8. The van der Waals surface area contributed by atoms with Crippen LogP contribution in [0.15, 0.2) is 59.5 Å². The number of hydrogen-bond donors (Lipinski definition) is 3. The van der Waals surface area contributed by atoms with Gasteiger partial charge in [0.25, 0.3) is 0 Å². The van der Waals surface area contributed by atoms with E-state index in [1.54, 1.807) is 6.92 Å². The van der Waals surface area contributed by atoms with Gasteiger partial charge in [-0.2, -0.15) is 4.31 Å². The summed E-state index contributed by atoms with van der Waals surface area (Å²) in [6.45, 7) is 8.23. The Hall–Kier alpha value is -3.23. The van der Waals surface area contributed by atoms with Crippen LogP contribution in [0.3, 0.4) is 0 Å². The van der Waals surface area contributed by atoms with Gasteiger partial charge in [-0.1, -0.05) is 44.2 Å². The largest absolute Gasteiger partial charge is 0.466 e. The summed E-state index contributed by atoms with van der Waals surface area (Å²) in [5.74, 6) is -0.234. The van der Waals surface area contributed by atoms with Crippen LogP contribution in [0.2, 0.25) is 0 Å². The fraction of sp³-hybridized carbons (Fsp3) is 0.548. The second kappa shape index (κ2) is 16.7. The summed E-state index contributed by atoms with van der Waals surface area (Å²) in [6, 6.07) is 14.5. The molecule has 2 saturated heterocycles. The van der Waals surface area contributed by atoms with Crippen molar-refractivity contribution in [1.82, 2.24) is 9.62 Å². The molecule has 5 atom stereocenters. The number of fused-ring (bicyclic) bond motifs is 1. The third-order valence-corrected chi connectivity index (χ3v) is 8.98. The van der Waals surface area contributed by atoms with Crippen molar-refractivity contribution in [3.63, 3.8) is 0 Å². The minimum atomic E-state index is -3.93. The van der Waals surface area contributed by atoms with Crippen LogP contribution >= 0.6 is 0 Å². The molecule has 2 fully saturated rings. The molecule has 2 aliphatic rings. The minimum Gasteiger partial charge on any atom is -0.466 e. The van der Waals surface area contributed by atoms with E-state index in [1.165, 1.54) is 35.5 Å². The van der Waals surface area contributed by atoms with Crippen LogP contribution in [0.4, 0.5) is 10.5 Å². The molecular formula is C31H45N3O9S. The maximum Gasteiger partial charge on any atom is 0.407 e. The fourth-order valence-corrected chi connectivity index (χ4v) is 6.65. The second-order valence-corrected chi connectivity index (χ2v) is 13.1. The second-order valence-electron chi connectivity index (χ2n) is 11.2. The number of esters is 1. The fourth-order valence-electron chi connectivity index (χ4n) is 5.03. The predicted molar refractivity (Wildman–Crippen MR) is 164 cm³/mol. The lowest BCUT2D eigenvalue weighted by molar-refractivity contribution is -0.140. The van der Waals surface area contributed by atoms with Gasteiger partial charge in [0.2, 0.25) is 10.0 Å². The Morgan fingerprint density at radius 1 is 1.09 bits per heavy atom. The Bertz CT molecular complexity index is 1290. The normalized spacial score (nSPS) is 20.8. The molecule has 4 rings (SSSR count). The number of anilines is 1. The molecule has 44 heavy (non-hydrogen) atoms. The van der Waals surface area contributed by atoms with E-state index in [1.807, 2.05) is 44.2 Å². The number of benzene rings is 2. The topological polar surface area (TPSA) is 167 Å². The van der Waals surface area contributed by atoms with Crippen molar-refractivity contribution in [3.8, 4) is 0 Å². The van der Waals surface area contributed by atoms with Crippen LogP contribution in [0.5, 0.6) is 0 Å². The zero-order valence-corrected chi connectivity index (χ0v) is 26.6. The van der Waals surface area contributed by atoms with Gasteiger partial charge in [0, 0.05) is 25.7 Å². The quantitative estimate of drug-likeness (QED) is 0.233. The number of aliphatic hydroxyl groups excluding tert-OH is 1. The molecule has 2 aromatic carbocycles. The summed E-state index contributed by atoms with van der Waals surface area (Å²) in [7, 11) is -3.93. The molecule has 0 aliphatic carbocycles. The molecule has 2 aromatic rings. The number of sulfonamides is 1. The van der Waals surface area contributed by atoms with Crippen molar-refractivity contribution in [3.05, 3.63) is 60.2 Å². The van der Waals surface area contributed by atoms with E-state index in [0.29, 0.717) is 18.9 Å². The third-order valence-electron chi connectivity index (χ3n) is 7.13. The number of alkyl carbamates (subject to hydrolysis) is 1. The number of nitrogens with zero attached hydrogens (tertiary/aromatic N) is 1. The third kappa shape index (κ3) is 10.4. The Balaban J connectivity index is 0.000000801. The average Bonchev–Trinajstić information content (AvgIpc) is 3.58. The van der Waals surface area contributed by atoms with Crippen molar-refractivity contribution < 1.29 is 42.1 Å². The summed E-state index contributed by atoms with van der Waals surface area (Å²) < 4.78 is 49.3. The van der Waals surface area contributed by atoms with Crippen LogP contribution < -0.4 is 11.1 Å². The van der Waals surface area contributed by atoms with Crippen molar-refractivity contribution in [2.24, 2.45) is 11.8 Å². The van der Waals surface area contributed by atoms with Gasteiger partial charge in [0.1, 0.15) is 6.10 Å². The van der Waals surface area contributed by atoms with Crippen LogP contribution in [0.25, 0.3) is 0 Å². The van der Waals surface area contributed by atoms with Crippen LogP contribution in [0, 0.1) is 11.8 Å². The number of nitrogens with two attached hydrogens (primary N) is 1. The molecule has 4 N–H and O–H groups in total. The molecule has 0 radical (unpaired) electrons. The predicted octanol–water partition coefficient (Wildman–Crippen LogP) is 2.94. The molecule has 0 spiro atoms. The lowest BCUT2D eigenvalue weighted by Gasteiger charge is -2.31. The lowest BCUT2D eigenvalue weighted by Crippen LogP contribution is -2.51. The molecule has 2 unspecified atom stereocenters. The molecular weight excluding hydrogens is 590 g/mol. The number of ether oxygens (including phenoxy) is 4. The van der Waals surface area contributed by atoms with Gasteiger partial charge in [-0.15, -0.1) is 0 Å². The Morgan fingerprint density at radius 3 is 2.36 bits per heavy atom. The van der Waals surface area contributed by atoms with Crippen LogP contribution in [-0.4, -0.2) is 87.3 Å². The first-order chi connectivity index (χ1) is 20.9. The van der Waals surface area contributed by atoms with E-state index < -0.39 is 34.4 Å². The zero-order valence-electron chi connectivity index (χ0n) is 25.8. The van der Waals surface area contributed by atoms with Crippen molar-refractivity contribution in [1.29, 1.82) is 0 Å². The summed E-state index contributed by atoms with van der Waals surface area (Å²) in [5, 5.41) is 14.1. The van der Waals surface area contributed by atoms with Gasteiger partial charge >= 0.3 is 12.1 Å². The van der Waals surface area contributed by atoms with Gasteiger partial charge < -0.3 is 35.1 Å². The standard InChI is InChI=1S/C27H37N3O7S.C4H8O2/c1-18(2)15-30(38(33,34)21-10-8-20(28)9-11-21)16-24(31)23(14-19-6-4-3-5-7-19)29-27(32)37-25-17-36-26-22(25)12-13-35-26;1-3-6-4(2)5/h3-11,18,22-26,31H,12-17,28H2,1-2H3,(H,29,32);3H2,1-2H3/t22-,23?,24?,25-,26+;/m0./s1. The van der Waals surface area contributed by atoms with E-state index >= 15 is 0 Å². The number of amides is 1. The van der Waals surface area contributed by atoms with Crippen molar-refractivity contribution >= 4 is 27.8 Å². The Morgan fingerprint density at radius 2 is 1.77 bits per heavy atom. The molecule has 0 saturated carbocycles.